The van der Waals surface area contributed by atoms with Gasteiger partial charge < -0.3 is 20.9 Å². The second-order valence-electron chi connectivity index (χ2n) is 6.97. The Labute approximate surface area is 153 Å². The van der Waals surface area contributed by atoms with Crippen LogP contribution < -0.4 is 16.0 Å². The first-order valence-corrected chi connectivity index (χ1v) is 8.83. The number of carbonyl (C=O) groups excluding carboxylic acids is 1. The van der Waals surface area contributed by atoms with E-state index in [-0.39, 0.29) is 11.9 Å². The fourth-order valence-corrected chi connectivity index (χ4v) is 3.08. The lowest BCUT2D eigenvalue weighted by Crippen LogP contribution is -2.27. The minimum atomic E-state index is -0.150. The van der Waals surface area contributed by atoms with E-state index >= 15 is 0 Å². The van der Waals surface area contributed by atoms with Crippen LogP contribution in [-0.2, 0) is 4.79 Å². The summed E-state index contributed by atoms with van der Waals surface area (Å²) in [6.45, 7) is 4.32. The van der Waals surface area contributed by atoms with Gasteiger partial charge in [-0.3, -0.25) is 4.79 Å². The molecule has 1 atom stereocenters. The normalized spacial score (nSPS) is 17.6. The van der Waals surface area contributed by atoms with E-state index in [4.69, 9.17) is 5.73 Å². The van der Waals surface area contributed by atoms with E-state index in [1.54, 1.807) is 6.08 Å². The number of carbonyl (C=O) groups is 1. The van der Waals surface area contributed by atoms with E-state index in [2.05, 4.69) is 20.2 Å². The molecule has 7 heteroatoms. The van der Waals surface area contributed by atoms with E-state index in [9.17, 15) is 4.79 Å². The summed E-state index contributed by atoms with van der Waals surface area (Å²) in [6.07, 6.45) is 4.35. The first-order valence-electron chi connectivity index (χ1n) is 8.83. The number of benzene rings is 1. The number of nitrogens with two attached hydrogens (primary N) is 1. The van der Waals surface area contributed by atoms with Crippen molar-refractivity contribution in [2.45, 2.75) is 19.4 Å². The lowest BCUT2D eigenvalue weighted by atomic mass is 10.2. The third-order valence-electron chi connectivity index (χ3n) is 4.32. The summed E-state index contributed by atoms with van der Waals surface area (Å²) in [5, 5.41) is 3.86. The van der Waals surface area contributed by atoms with Crippen LogP contribution in [0.4, 0.5) is 11.5 Å². The molecule has 0 bridgehead atoms. The number of aryl methyl sites for hydroxylation is 1. The second kappa shape index (κ2) is 7.80. The van der Waals surface area contributed by atoms with Crippen LogP contribution in [0.2, 0.25) is 0 Å². The standard InChI is InChI=1S/C19H26N6O/c1-13-21-17-11-15(23-18(26)5-4-9-24(2)3)6-7-16(17)19(22-13)25-10-8-14(20)12-25/h4-7,11,14H,8-10,12,20H2,1-3H3,(H,23,26). The van der Waals surface area contributed by atoms with Crippen LogP contribution in [0.15, 0.2) is 30.4 Å². The maximum Gasteiger partial charge on any atom is 0.248 e. The van der Waals surface area contributed by atoms with Gasteiger partial charge >= 0.3 is 0 Å². The van der Waals surface area contributed by atoms with Crippen molar-refractivity contribution in [3.8, 4) is 0 Å². The lowest BCUT2D eigenvalue weighted by molar-refractivity contribution is -0.111. The largest absolute Gasteiger partial charge is 0.354 e. The van der Waals surface area contributed by atoms with Crippen LogP contribution in [-0.4, -0.2) is 60.5 Å². The lowest BCUT2D eigenvalue weighted by Gasteiger charge is -2.19. The zero-order chi connectivity index (χ0) is 18.7. The van der Waals surface area contributed by atoms with Gasteiger partial charge in [0.25, 0.3) is 0 Å². The number of amides is 1. The Morgan fingerprint density at radius 1 is 1.42 bits per heavy atom. The Bertz CT molecular complexity index is 832. The van der Waals surface area contributed by atoms with Crippen molar-refractivity contribution in [2.75, 3.05) is 43.9 Å². The molecular weight excluding hydrogens is 328 g/mol. The predicted molar refractivity (Wildman–Crippen MR) is 105 cm³/mol. The van der Waals surface area contributed by atoms with Gasteiger partial charge in [0, 0.05) is 42.8 Å². The molecule has 3 N–H and O–H groups in total. The molecule has 2 heterocycles. The molecule has 1 saturated heterocycles. The third kappa shape index (κ3) is 4.36. The number of hydrogen-bond acceptors (Lipinski definition) is 6. The molecule has 1 aliphatic rings. The number of aromatic nitrogens is 2. The van der Waals surface area contributed by atoms with Crippen molar-refractivity contribution in [1.82, 2.24) is 14.9 Å². The first-order chi connectivity index (χ1) is 12.4. The topological polar surface area (TPSA) is 87.4 Å². The maximum absolute atomic E-state index is 12.0. The quantitative estimate of drug-likeness (QED) is 0.792. The second-order valence-corrected chi connectivity index (χ2v) is 6.97. The van der Waals surface area contributed by atoms with Gasteiger partial charge in [-0.15, -0.1) is 0 Å². The van der Waals surface area contributed by atoms with Crippen molar-refractivity contribution >= 4 is 28.3 Å². The smallest absolute Gasteiger partial charge is 0.248 e. The Hall–Kier alpha value is -2.51. The minimum Gasteiger partial charge on any atom is -0.354 e. The fourth-order valence-electron chi connectivity index (χ4n) is 3.08. The van der Waals surface area contributed by atoms with Crippen LogP contribution in [0.25, 0.3) is 10.9 Å². The molecule has 26 heavy (non-hydrogen) atoms. The van der Waals surface area contributed by atoms with E-state index in [0.717, 1.165) is 48.5 Å². The summed E-state index contributed by atoms with van der Waals surface area (Å²) in [4.78, 5) is 25.4. The SMILES string of the molecule is Cc1nc(N2CCC(N)C2)c2ccc(NC(=O)C=CCN(C)C)cc2n1. The number of nitrogens with one attached hydrogen (secondary N) is 1. The molecule has 2 aromatic rings. The molecule has 1 unspecified atom stereocenters. The number of likely N-dealkylation sites (N-methyl/N-ethyl adjacent to an activating group) is 1. The molecule has 1 aromatic carbocycles. The van der Waals surface area contributed by atoms with Crippen molar-refractivity contribution in [3.05, 3.63) is 36.2 Å². The molecule has 0 aliphatic carbocycles. The van der Waals surface area contributed by atoms with Crippen LogP contribution in [0, 0.1) is 6.92 Å². The van der Waals surface area contributed by atoms with Gasteiger partial charge in [0.15, 0.2) is 0 Å². The Morgan fingerprint density at radius 3 is 2.92 bits per heavy atom. The number of fused-ring (bicyclic) bond motifs is 1. The van der Waals surface area contributed by atoms with E-state index in [1.165, 1.54) is 0 Å². The van der Waals surface area contributed by atoms with Crippen LogP contribution in [0.3, 0.4) is 0 Å². The van der Waals surface area contributed by atoms with Crippen molar-refractivity contribution in [2.24, 2.45) is 5.73 Å². The summed E-state index contributed by atoms with van der Waals surface area (Å²) in [5.41, 5.74) is 7.58. The van der Waals surface area contributed by atoms with E-state index < -0.39 is 0 Å². The highest BCUT2D eigenvalue weighted by molar-refractivity contribution is 6.01. The van der Waals surface area contributed by atoms with Gasteiger partial charge in [-0.05, 0) is 45.6 Å². The third-order valence-corrected chi connectivity index (χ3v) is 4.32. The van der Waals surface area contributed by atoms with Crippen LogP contribution >= 0.6 is 0 Å². The molecule has 0 spiro atoms. The van der Waals surface area contributed by atoms with Crippen molar-refractivity contribution in [3.63, 3.8) is 0 Å². The molecule has 1 aliphatic heterocycles. The molecular formula is C19H26N6O. The summed E-state index contributed by atoms with van der Waals surface area (Å²) >= 11 is 0. The van der Waals surface area contributed by atoms with Gasteiger partial charge in [0.05, 0.1) is 5.52 Å². The van der Waals surface area contributed by atoms with Crippen molar-refractivity contribution in [1.29, 1.82) is 0 Å². The first kappa shape index (κ1) is 18.3. The monoisotopic (exact) mass is 354 g/mol. The minimum absolute atomic E-state index is 0.150. The zero-order valence-corrected chi connectivity index (χ0v) is 15.6. The summed E-state index contributed by atoms with van der Waals surface area (Å²) < 4.78 is 0. The number of hydrogen-bond donors (Lipinski definition) is 2. The fraction of sp³-hybridized carbons (Fsp3) is 0.421. The van der Waals surface area contributed by atoms with Gasteiger partial charge in [-0.25, -0.2) is 9.97 Å². The van der Waals surface area contributed by atoms with Gasteiger partial charge in [0.2, 0.25) is 5.91 Å². The van der Waals surface area contributed by atoms with Gasteiger partial charge in [-0.2, -0.15) is 0 Å². The van der Waals surface area contributed by atoms with Gasteiger partial charge in [0.1, 0.15) is 11.6 Å². The molecule has 1 aromatic heterocycles. The molecule has 0 saturated carbocycles. The summed E-state index contributed by atoms with van der Waals surface area (Å²) in [6, 6.07) is 5.93. The van der Waals surface area contributed by atoms with Gasteiger partial charge in [-0.1, -0.05) is 6.08 Å². The molecule has 7 nitrogen and oxygen atoms in total. The average molecular weight is 354 g/mol. The number of nitrogens with zero attached hydrogens (tertiary/aromatic N) is 4. The summed E-state index contributed by atoms with van der Waals surface area (Å²) in [5.74, 6) is 1.48. The zero-order valence-electron chi connectivity index (χ0n) is 15.6. The highest BCUT2D eigenvalue weighted by Gasteiger charge is 2.22. The maximum atomic E-state index is 12.0. The predicted octanol–water partition coefficient (Wildman–Crippen LogP) is 1.53. The Kier molecular flexibility index (Phi) is 5.49. The molecule has 1 fully saturated rings. The number of anilines is 2. The highest BCUT2D eigenvalue weighted by atomic mass is 16.1. The Morgan fingerprint density at radius 2 is 2.23 bits per heavy atom. The highest BCUT2D eigenvalue weighted by Crippen LogP contribution is 2.28. The molecule has 0 radical (unpaired) electrons. The Balaban J connectivity index is 1.82. The molecule has 3 rings (SSSR count). The van der Waals surface area contributed by atoms with Crippen LogP contribution in [0.1, 0.15) is 12.2 Å². The molecule has 1 amide bonds. The average Bonchev–Trinajstić information content (AvgIpc) is 2.99. The number of rotatable bonds is 5. The van der Waals surface area contributed by atoms with E-state index in [1.807, 2.05) is 50.2 Å². The molecule has 138 valence electrons. The summed E-state index contributed by atoms with van der Waals surface area (Å²) in [7, 11) is 3.91. The van der Waals surface area contributed by atoms with Crippen LogP contribution in [0.5, 0.6) is 0 Å². The van der Waals surface area contributed by atoms with Crippen molar-refractivity contribution < 1.29 is 4.79 Å². The van der Waals surface area contributed by atoms with E-state index in [0.29, 0.717) is 5.82 Å².